The zero-order valence-corrected chi connectivity index (χ0v) is 14.1. The van der Waals surface area contributed by atoms with E-state index in [9.17, 15) is 18.0 Å². The van der Waals surface area contributed by atoms with Crippen LogP contribution in [-0.4, -0.2) is 30.8 Å². The highest BCUT2D eigenvalue weighted by Crippen LogP contribution is 2.29. The molecule has 0 bridgehead atoms. The van der Waals surface area contributed by atoms with Gasteiger partial charge in [-0.1, -0.05) is 11.2 Å². The molecule has 10 heteroatoms. The summed E-state index contributed by atoms with van der Waals surface area (Å²) in [4.78, 5) is 19.0. The molecule has 1 amide bonds. The highest BCUT2D eigenvalue weighted by molar-refractivity contribution is 7.08. The van der Waals surface area contributed by atoms with Crippen LogP contribution in [0, 0.1) is 0 Å². The predicted octanol–water partition coefficient (Wildman–Crippen LogP) is 3.09. The molecule has 1 aromatic heterocycles. The number of thiophene rings is 1. The Morgan fingerprint density at radius 3 is 2.85 bits per heavy atom. The van der Waals surface area contributed by atoms with Gasteiger partial charge >= 0.3 is 6.36 Å². The summed E-state index contributed by atoms with van der Waals surface area (Å²) in [6, 6.07) is 6.98. The molecule has 6 nitrogen and oxygen atoms in total. The van der Waals surface area contributed by atoms with E-state index < -0.39 is 24.1 Å². The molecule has 2 aromatic rings. The second-order valence-corrected chi connectivity index (χ2v) is 6.19. The number of rotatable bonds is 5. The zero-order chi connectivity index (χ0) is 18.7. The summed E-state index contributed by atoms with van der Waals surface area (Å²) in [7, 11) is 0. The van der Waals surface area contributed by atoms with Gasteiger partial charge in [0.2, 0.25) is 6.10 Å². The largest absolute Gasteiger partial charge is 0.573 e. The summed E-state index contributed by atoms with van der Waals surface area (Å²) < 4.78 is 40.9. The number of amides is 1. The molecule has 0 spiro atoms. The lowest BCUT2D eigenvalue weighted by molar-refractivity contribution is -0.274. The number of hydrogen-bond acceptors (Lipinski definition) is 5. The lowest BCUT2D eigenvalue weighted by atomic mass is 10.3. The summed E-state index contributed by atoms with van der Waals surface area (Å²) in [5.74, 6) is -0.652. The second kappa shape index (κ2) is 7.24. The van der Waals surface area contributed by atoms with E-state index in [2.05, 4.69) is 9.89 Å². The number of oxime groups is 1. The van der Waals surface area contributed by atoms with Gasteiger partial charge in [-0.05, 0) is 23.6 Å². The maximum absolute atomic E-state index is 12.4. The molecule has 2 heterocycles. The van der Waals surface area contributed by atoms with E-state index in [1.165, 1.54) is 28.4 Å². The number of benzene rings is 1. The van der Waals surface area contributed by atoms with Gasteiger partial charge in [0.1, 0.15) is 5.75 Å². The van der Waals surface area contributed by atoms with Crippen LogP contribution in [0.25, 0.3) is 0 Å². The predicted molar refractivity (Wildman–Crippen MR) is 90.0 cm³/mol. The van der Waals surface area contributed by atoms with Gasteiger partial charge in [0.05, 0.1) is 0 Å². The van der Waals surface area contributed by atoms with Gasteiger partial charge in [0.15, 0.2) is 5.84 Å². The van der Waals surface area contributed by atoms with E-state index in [0.717, 1.165) is 12.1 Å². The molecule has 1 unspecified atom stereocenters. The van der Waals surface area contributed by atoms with E-state index in [-0.39, 0.29) is 18.1 Å². The van der Waals surface area contributed by atoms with Crippen molar-refractivity contribution in [3.05, 3.63) is 46.7 Å². The number of nitrogens with two attached hydrogens (primary N) is 1. The van der Waals surface area contributed by atoms with Crippen molar-refractivity contribution in [2.75, 3.05) is 11.4 Å². The number of anilines is 1. The topological polar surface area (TPSA) is 77.2 Å². The lowest BCUT2D eigenvalue weighted by Gasteiger charge is -2.17. The highest BCUT2D eigenvalue weighted by atomic mass is 32.1. The maximum atomic E-state index is 12.4. The molecule has 1 saturated heterocycles. The molecular formula is C16H14F3N3O3S. The van der Waals surface area contributed by atoms with Crippen LogP contribution in [0.5, 0.6) is 5.75 Å². The third-order valence-corrected chi connectivity index (χ3v) is 4.30. The minimum atomic E-state index is -4.80. The normalized spacial score (nSPS) is 18.3. The second-order valence-electron chi connectivity index (χ2n) is 5.41. The highest BCUT2D eigenvalue weighted by Gasteiger charge is 2.36. The number of nitrogens with zero attached hydrogens (tertiary/aromatic N) is 2. The van der Waals surface area contributed by atoms with Gasteiger partial charge in [-0.25, -0.2) is 0 Å². The Morgan fingerprint density at radius 1 is 1.35 bits per heavy atom. The van der Waals surface area contributed by atoms with Gasteiger partial charge in [-0.15, -0.1) is 13.2 Å². The standard InChI is InChI=1S/C16H14F3N3O3S/c17-16(18,19)24-12-3-1-2-11(8-12)22-6-4-13(15(22)23)25-21-14(20)10-5-7-26-9-10/h1-3,5,7-9,13H,4,6H2,(H2,20,21). The maximum Gasteiger partial charge on any atom is 0.573 e. The van der Waals surface area contributed by atoms with Crippen molar-refractivity contribution in [3.63, 3.8) is 0 Å². The Bertz CT molecular complexity index is 809. The number of ether oxygens (including phenoxy) is 1. The Hall–Kier alpha value is -2.75. The molecule has 0 saturated carbocycles. The minimum absolute atomic E-state index is 0.151. The van der Waals surface area contributed by atoms with Crippen LogP contribution < -0.4 is 15.4 Å². The molecule has 1 fully saturated rings. The van der Waals surface area contributed by atoms with Crippen molar-refractivity contribution in [2.24, 2.45) is 10.9 Å². The van der Waals surface area contributed by atoms with Crippen molar-refractivity contribution < 1.29 is 27.5 Å². The monoisotopic (exact) mass is 385 g/mol. The van der Waals surface area contributed by atoms with E-state index in [0.29, 0.717) is 12.0 Å². The van der Waals surface area contributed by atoms with Crippen LogP contribution in [0.3, 0.4) is 0 Å². The van der Waals surface area contributed by atoms with Crippen molar-refractivity contribution >= 4 is 28.8 Å². The third-order valence-electron chi connectivity index (χ3n) is 3.61. The summed E-state index contributed by atoms with van der Waals surface area (Å²) in [5, 5.41) is 7.39. The summed E-state index contributed by atoms with van der Waals surface area (Å²) in [6.07, 6.45) is -5.31. The SMILES string of the molecule is N/C(=N\OC1CCN(c2cccc(OC(F)(F)F)c2)C1=O)c1ccsc1. The van der Waals surface area contributed by atoms with Gasteiger partial charge in [-0.2, -0.15) is 11.3 Å². The van der Waals surface area contributed by atoms with Crippen molar-refractivity contribution in [1.29, 1.82) is 0 Å². The molecule has 0 aliphatic carbocycles. The van der Waals surface area contributed by atoms with Crippen LogP contribution in [-0.2, 0) is 9.63 Å². The number of amidine groups is 1. The molecular weight excluding hydrogens is 371 g/mol. The van der Waals surface area contributed by atoms with Crippen LogP contribution in [0.15, 0.2) is 46.2 Å². The fraction of sp³-hybridized carbons (Fsp3) is 0.250. The summed E-state index contributed by atoms with van der Waals surface area (Å²) >= 11 is 1.45. The number of hydrogen-bond donors (Lipinski definition) is 1. The molecule has 1 aliphatic heterocycles. The summed E-state index contributed by atoms with van der Waals surface area (Å²) in [6.45, 7) is 0.285. The smallest absolute Gasteiger partial charge is 0.406 e. The molecule has 138 valence electrons. The fourth-order valence-electron chi connectivity index (χ4n) is 2.44. The average molecular weight is 385 g/mol. The molecule has 1 atom stereocenters. The molecule has 1 aromatic carbocycles. The van der Waals surface area contributed by atoms with E-state index in [1.54, 1.807) is 11.4 Å². The van der Waals surface area contributed by atoms with Gasteiger partial charge < -0.3 is 20.2 Å². The van der Waals surface area contributed by atoms with Gasteiger partial charge in [0.25, 0.3) is 5.91 Å². The fourth-order valence-corrected chi connectivity index (χ4v) is 3.09. The molecule has 26 heavy (non-hydrogen) atoms. The Balaban J connectivity index is 1.67. The number of alkyl halides is 3. The molecule has 3 rings (SSSR count). The van der Waals surface area contributed by atoms with Crippen molar-refractivity contribution in [1.82, 2.24) is 0 Å². The average Bonchev–Trinajstić information content (AvgIpc) is 3.21. The van der Waals surface area contributed by atoms with E-state index in [4.69, 9.17) is 10.6 Å². The molecule has 2 N–H and O–H groups in total. The number of halogens is 3. The van der Waals surface area contributed by atoms with Crippen molar-refractivity contribution in [3.8, 4) is 5.75 Å². The van der Waals surface area contributed by atoms with Crippen LogP contribution >= 0.6 is 11.3 Å². The van der Waals surface area contributed by atoms with Crippen LogP contribution in [0.1, 0.15) is 12.0 Å². The summed E-state index contributed by atoms with van der Waals surface area (Å²) in [5.41, 5.74) is 6.75. The molecule has 1 aliphatic rings. The minimum Gasteiger partial charge on any atom is -0.406 e. The first-order chi connectivity index (χ1) is 12.3. The van der Waals surface area contributed by atoms with E-state index in [1.807, 2.05) is 5.38 Å². The van der Waals surface area contributed by atoms with Gasteiger partial charge in [-0.3, -0.25) is 4.79 Å². The number of carbonyl (C=O) groups is 1. The first kappa shape index (κ1) is 18.1. The Kier molecular flexibility index (Phi) is 5.03. The van der Waals surface area contributed by atoms with Gasteiger partial charge in [0, 0.05) is 35.7 Å². The first-order valence-electron chi connectivity index (χ1n) is 7.52. The first-order valence-corrected chi connectivity index (χ1v) is 8.47. The number of carbonyl (C=O) groups excluding carboxylic acids is 1. The lowest BCUT2D eigenvalue weighted by Crippen LogP contribution is -2.30. The Morgan fingerprint density at radius 2 is 2.15 bits per heavy atom. The molecule has 0 radical (unpaired) electrons. The van der Waals surface area contributed by atoms with Crippen LogP contribution in [0.4, 0.5) is 18.9 Å². The third kappa shape index (κ3) is 4.26. The van der Waals surface area contributed by atoms with Crippen LogP contribution in [0.2, 0.25) is 0 Å². The zero-order valence-electron chi connectivity index (χ0n) is 13.3. The Labute approximate surface area is 150 Å². The van der Waals surface area contributed by atoms with Crippen molar-refractivity contribution in [2.45, 2.75) is 18.9 Å². The van der Waals surface area contributed by atoms with E-state index >= 15 is 0 Å². The quantitative estimate of drug-likeness (QED) is 0.488.